The first-order chi connectivity index (χ1) is 14.6. The van der Waals surface area contributed by atoms with Crippen LogP contribution in [0.25, 0.3) is 0 Å². The molecule has 1 atom stereocenters. The molecular formula is C23H26N4O3. The van der Waals surface area contributed by atoms with Gasteiger partial charge in [-0.1, -0.05) is 18.2 Å². The minimum atomic E-state index is -0.226. The summed E-state index contributed by atoms with van der Waals surface area (Å²) in [5.74, 6) is 0.861. The molecule has 7 heteroatoms. The van der Waals surface area contributed by atoms with Gasteiger partial charge in [0.25, 0.3) is 11.5 Å². The second-order valence-electron chi connectivity index (χ2n) is 8.54. The number of aromatic nitrogens is 2. The van der Waals surface area contributed by atoms with Gasteiger partial charge in [0.2, 0.25) is 5.91 Å². The van der Waals surface area contributed by atoms with Crippen molar-refractivity contribution in [1.82, 2.24) is 19.8 Å². The summed E-state index contributed by atoms with van der Waals surface area (Å²) in [7, 11) is 0. The van der Waals surface area contributed by atoms with E-state index in [1.807, 2.05) is 35.2 Å². The summed E-state index contributed by atoms with van der Waals surface area (Å²) >= 11 is 0. The van der Waals surface area contributed by atoms with Crippen molar-refractivity contribution in [3.8, 4) is 0 Å². The number of hydrogen-bond acceptors (Lipinski definition) is 4. The van der Waals surface area contributed by atoms with Gasteiger partial charge in [0.15, 0.2) is 0 Å². The normalized spacial score (nSPS) is 21.3. The summed E-state index contributed by atoms with van der Waals surface area (Å²) in [5, 5.41) is 0. The number of amides is 2. The number of piperidine rings is 1. The van der Waals surface area contributed by atoms with Crippen LogP contribution in [-0.4, -0.2) is 44.7 Å². The average Bonchev–Trinajstić information content (AvgIpc) is 3.64. The molecule has 3 heterocycles. The van der Waals surface area contributed by atoms with Crippen LogP contribution in [0.2, 0.25) is 0 Å². The third-order valence-corrected chi connectivity index (χ3v) is 6.43. The fraction of sp³-hybridized carbons (Fsp3) is 0.478. The Bertz CT molecular complexity index is 1030. The van der Waals surface area contributed by atoms with E-state index in [2.05, 4.69) is 4.98 Å². The van der Waals surface area contributed by atoms with Crippen molar-refractivity contribution in [3.05, 3.63) is 63.3 Å². The van der Waals surface area contributed by atoms with E-state index in [1.54, 1.807) is 4.90 Å². The van der Waals surface area contributed by atoms with E-state index in [9.17, 15) is 14.4 Å². The average molecular weight is 406 g/mol. The molecule has 2 fully saturated rings. The highest BCUT2D eigenvalue weighted by molar-refractivity contribution is 5.94. The first-order valence-electron chi connectivity index (χ1n) is 10.9. The van der Waals surface area contributed by atoms with Crippen molar-refractivity contribution in [3.63, 3.8) is 0 Å². The molecule has 7 nitrogen and oxygen atoms in total. The highest BCUT2D eigenvalue weighted by atomic mass is 16.2. The van der Waals surface area contributed by atoms with Crippen LogP contribution in [0.3, 0.4) is 0 Å². The zero-order valence-corrected chi connectivity index (χ0v) is 17.0. The Labute approximate surface area is 175 Å². The van der Waals surface area contributed by atoms with Crippen LogP contribution in [0.1, 0.15) is 65.6 Å². The topological polar surface area (TPSA) is 86.4 Å². The molecule has 0 unspecified atom stereocenters. The first-order valence-corrected chi connectivity index (χ1v) is 10.9. The van der Waals surface area contributed by atoms with Crippen molar-refractivity contribution < 1.29 is 9.59 Å². The maximum Gasteiger partial charge on any atom is 0.256 e. The van der Waals surface area contributed by atoms with E-state index < -0.39 is 0 Å². The second kappa shape index (κ2) is 7.70. The zero-order valence-electron chi connectivity index (χ0n) is 17.0. The van der Waals surface area contributed by atoms with E-state index in [4.69, 9.17) is 4.98 Å². The molecule has 1 saturated carbocycles. The maximum atomic E-state index is 13.1. The maximum absolute atomic E-state index is 13.1. The molecule has 1 aliphatic carbocycles. The molecule has 2 aromatic rings. The number of rotatable bonds is 3. The third kappa shape index (κ3) is 3.53. The predicted molar refractivity (Wildman–Crippen MR) is 111 cm³/mol. The molecular weight excluding hydrogens is 380 g/mol. The lowest BCUT2D eigenvalue weighted by Crippen LogP contribution is -2.43. The number of hydrogen-bond donors (Lipinski definition) is 1. The van der Waals surface area contributed by atoms with Gasteiger partial charge in [0.1, 0.15) is 5.82 Å². The summed E-state index contributed by atoms with van der Waals surface area (Å²) in [6, 6.07) is 9.03. The van der Waals surface area contributed by atoms with Crippen molar-refractivity contribution in [2.24, 2.45) is 5.92 Å². The smallest absolute Gasteiger partial charge is 0.256 e. The summed E-state index contributed by atoms with van der Waals surface area (Å²) < 4.78 is 0. The number of carbonyl (C=O) groups is 2. The van der Waals surface area contributed by atoms with E-state index in [1.165, 1.54) is 0 Å². The zero-order chi connectivity index (χ0) is 20.7. The number of benzene rings is 1. The second-order valence-corrected chi connectivity index (χ2v) is 8.54. The Hall–Kier alpha value is -2.96. The fourth-order valence-corrected chi connectivity index (χ4v) is 4.58. The number of nitrogens with zero attached hydrogens (tertiary/aromatic N) is 3. The lowest BCUT2D eigenvalue weighted by atomic mass is 9.99. The summed E-state index contributed by atoms with van der Waals surface area (Å²) in [6.07, 6.45) is 5.23. The van der Waals surface area contributed by atoms with Crippen LogP contribution < -0.4 is 5.56 Å². The number of fused-ring (bicyclic) bond motifs is 1. The Balaban J connectivity index is 1.42. The van der Waals surface area contributed by atoms with Gasteiger partial charge >= 0.3 is 0 Å². The molecule has 30 heavy (non-hydrogen) atoms. The molecule has 3 aliphatic rings. The third-order valence-electron chi connectivity index (χ3n) is 6.43. The summed E-state index contributed by atoms with van der Waals surface area (Å²) in [5.41, 5.74) is 1.84. The van der Waals surface area contributed by atoms with Gasteiger partial charge in [0.05, 0.1) is 23.8 Å². The lowest BCUT2D eigenvalue weighted by molar-refractivity contribution is -0.133. The molecule has 1 N–H and O–H groups in total. The van der Waals surface area contributed by atoms with Crippen LogP contribution in [-0.2, 0) is 17.8 Å². The molecule has 156 valence electrons. The van der Waals surface area contributed by atoms with E-state index in [0.29, 0.717) is 43.0 Å². The minimum Gasteiger partial charge on any atom is -0.337 e. The number of nitrogens with one attached hydrogen (secondary N) is 1. The van der Waals surface area contributed by atoms with Gasteiger partial charge in [-0.05, 0) is 44.2 Å². The van der Waals surface area contributed by atoms with Crippen molar-refractivity contribution >= 4 is 11.8 Å². The van der Waals surface area contributed by atoms with Gasteiger partial charge in [0, 0.05) is 31.0 Å². The molecule has 5 rings (SSSR count). The molecule has 1 aromatic heterocycles. The minimum absolute atomic E-state index is 0.0260. The van der Waals surface area contributed by atoms with E-state index in [-0.39, 0.29) is 29.3 Å². The number of aromatic amines is 1. The highest BCUT2D eigenvalue weighted by Gasteiger charge is 2.36. The Morgan fingerprint density at radius 3 is 2.60 bits per heavy atom. The molecule has 2 amide bonds. The van der Waals surface area contributed by atoms with Crippen LogP contribution in [0, 0.1) is 5.92 Å². The van der Waals surface area contributed by atoms with Gasteiger partial charge in [-0.25, -0.2) is 4.98 Å². The van der Waals surface area contributed by atoms with Gasteiger partial charge in [-0.2, -0.15) is 0 Å². The first kappa shape index (κ1) is 19.0. The lowest BCUT2D eigenvalue weighted by Gasteiger charge is -2.36. The van der Waals surface area contributed by atoms with E-state index in [0.717, 1.165) is 37.8 Å². The molecule has 0 spiro atoms. The Morgan fingerprint density at radius 2 is 1.83 bits per heavy atom. The highest BCUT2D eigenvalue weighted by Crippen LogP contribution is 2.33. The predicted octanol–water partition coefficient (Wildman–Crippen LogP) is 2.43. The number of carbonyl (C=O) groups excluding carboxylic acids is 2. The van der Waals surface area contributed by atoms with Crippen molar-refractivity contribution in [2.75, 3.05) is 13.1 Å². The summed E-state index contributed by atoms with van der Waals surface area (Å²) in [4.78, 5) is 49.8. The van der Waals surface area contributed by atoms with E-state index >= 15 is 0 Å². The standard InChI is InChI=1S/C23H26N4O3/c28-21-17-14-26(22(29)16-9-10-16)13-11-18(17)24-20(25-21)19-8-4-5-12-27(19)23(30)15-6-2-1-3-7-15/h1-3,6-7,16,19H,4-5,8-14H2,(H,24,25,28)/t19-/m1/s1. The van der Waals surface area contributed by atoms with Crippen LogP contribution >= 0.6 is 0 Å². The summed E-state index contributed by atoms with van der Waals surface area (Å²) in [6.45, 7) is 1.60. The van der Waals surface area contributed by atoms with Crippen LogP contribution in [0.15, 0.2) is 35.1 Å². The Kier molecular flexibility index (Phi) is 4.89. The number of likely N-dealkylation sites (tertiary alicyclic amines) is 1. The SMILES string of the molecule is O=C(C1CC1)N1CCc2nc([C@H]3CCCCN3C(=O)c3ccccc3)[nH]c(=O)c2C1. The molecule has 0 bridgehead atoms. The number of H-pyrrole nitrogens is 1. The van der Waals surface area contributed by atoms with Gasteiger partial charge < -0.3 is 14.8 Å². The fourth-order valence-electron chi connectivity index (χ4n) is 4.58. The monoisotopic (exact) mass is 406 g/mol. The largest absolute Gasteiger partial charge is 0.337 e. The molecule has 0 radical (unpaired) electrons. The van der Waals surface area contributed by atoms with Crippen molar-refractivity contribution in [2.45, 2.75) is 51.1 Å². The molecule has 2 aliphatic heterocycles. The van der Waals surface area contributed by atoms with Crippen LogP contribution in [0.4, 0.5) is 0 Å². The van der Waals surface area contributed by atoms with Gasteiger partial charge in [-0.3, -0.25) is 14.4 Å². The Morgan fingerprint density at radius 1 is 1.03 bits per heavy atom. The van der Waals surface area contributed by atoms with Gasteiger partial charge in [-0.15, -0.1) is 0 Å². The molecule has 1 saturated heterocycles. The van der Waals surface area contributed by atoms with Crippen molar-refractivity contribution in [1.29, 1.82) is 0 Å². The quantitative estimate of drug-likeness (QED) is 0.848. The van der Waals surface area contributed by atoms with Crippen LogP contribution in [0.5, 0.6) is 0 Å². The molecule has 1 aromatic carbocycles.